The highest BCUT2D eigenvalue weighted by atomic mass is 16.5. The molecule has 0 spiro atoms. The van der Waals surface area contributed by atoms with Crippen molar-refractivity contribution in [2.75, 3.05) is 50.8 Å². The summed E-state index contributed by atoms with van der Waals surface area (Å²) in [7, 11) is 0. The van der Waals surface area contributed by atoms with E-state index >= 15 is 0 Å². The van der Waals surface area contributed by atoms with Crippen molar-refractivity contribution in [2.45, 2.75) is 77.7 Å². The number of hydrogen-bond acceptors (Lipinski definition) is 4. The summed E-state index contributed by atoms with van der Waals surface area (Å²) in [5, 5.41) is 11.1. The summed E-state index contributed by atoms with van der Waals surface area (Å²) in [5.41, 5.74) is 8.20. The fourth-order valence-corrected chi connectivity index (χ4v) is 7.76. The normalized spacial score (nSPS) is 20.1. The third kappa shape index (κ3) is 5.91. The van der Waals surface area contributed by atoms with Crippen molar-refractivity contribution < 1.29 is 14.6 Å². The molecule has 0 unspecified atom stereocenters. The van der Waals surface area contributed by atoms with Crippen LogP contribution in [-0.2, 0) is 11.3 Å². The van der Waals surface area contributed by atoms with Crippen LogP contribution in [-0.4, -0.2) is 66.5 Å². The highest BCUT2D eigenvalue weighted by molar-refractivity contribution is 5.99. The maximum Gasteiger partial charge on any atom is 0.335 e. The van der Waals surface area contributed by atoms with Crippen molar-refractivity contribution in [1.82, 2.24) is 9.47 Å². The molecule has 2 aliphatic heterocycles. The molecule has 1 saturated carbocycles. The second-order valence-electron chi connectivity index (χ2n) is 12.6. The van der Waals surface area contributed by atoms with Crippen LogP contribution >= 0.6 is 0 Å². The Hall–Kier alpha value is -2.83. The molecule has 1 N–H and O–H groups in total. The van der Waals surface area contributed by atoms with Gasteiger partial charge >= 0.3 is 5.97 Å². The van der Waals surface area contributed by atoms with E-state index in [9.17, 15) is 9.90 Å². The number of rotatable bonds is 9. The molecule has 1 aliphatic carbocycles. The molecule has 0 radical (unpaired) electrons. The van der Waals surface area contributed by atoms with E-state index in [0.717, 1.165) is 50.8 Å². The maximum atomic E-state index is 12.0. The highest BCUT2D eigenvalue weighted by Crippen LogP contribution is 2.47. The summed E-state index contributed by atoms with van der Waals surface area (Å²) in [6.07, 6.45) is 10.1. The van der Waals surface area contributed by atoms with Crippen molar-refractivity contribution in [3.63, 3.8) is 0 Å². The van der Waals surface area contributed by atoms with Crippen LogP contribution in [0, 0.1) is 12.8 Å². The van der Waals surface area contributed by atoms with Crippen molar-refractivity contribution in [3.8, 4) is 11.3 Å². The molecule has 2 aromatic carbocycles. The molecule has 6 nitrogen and oxygen atoms in total. The van der Waals surface area contributed by atoms with E-state index in [2.05, 4.69) is 52.5 Å². The molecule has 3 heterocycles. The van der Waals surface area contributed by atoms with Gasteiger partial charge in [-0.15, -0.1) is 0 Å². The van der Waals surface area contributed by atoms with Gasteiger partial charge in [0.2, 0.25) is 0 Å². The number of anilines is 1. The number of carbonyl (C=O) groups is 1. The Labute approximate surface area is 245 Å². The highest BCUT2D eigenvalue weighted by Gasteiger charge is 2.31. The summed E-state index contributed by atoms with van der Waals surface area (Å²) in [6, 6.07) is 12.8. The molecular weight excluding hydrogens is 510 g/mol. The molecule has 1 atom stereocenters. The molecule has 1 saturated heterocycles. The lowest BCUT2D eigenvalue weighted by Gasteiger charge is -2.35. The maximum absolute atomic E-state index is 12.0. The molecule has 0 bridgehead atoms. The molecule has 3 aliphatic rings. The zero-order chi connectivity index (χ0) is 28.3. The number of aryl methyl sites for hydroxylation is 1. The Bertz CT molecular complexity index is 1370. The number of hydrogen-bond donors (Lipinski definition) is 1. The Morgan fingerprint density at radius 3 is 2.63 bits per heavy atom. The number of piperidine rings is 1. The average molecular weight is 558 g/mol. The van der Waals surface area contributed by atoms with Gasteiger partial charge in [-0.05, 0) is 93.7 Å². The van der Waals surface area contributed by atoms with Crippen molar-refractivity contribution in [1.29, 1.82) is 0 Å². The summed E-state index contributed by atoms with van der Waals surface area (Å²) in [4.78, 5) is 17.3. The van der Waals surface area contributed by atoms with Gasteiger partial charge in [0.25, 0.3) is 0 Å². The zero-order valence-electron chi connectivity index (χ0n) is 25.0. The molecule has 3 aromatic rings. The molecule has 2 fully saturated rings. The Morgan fingerprint density at radius 2 is 1.83 bits per heavy atom. The standard InChI is InChI=1S/C35H47N3O3/c1-3-41-21-15-26-8-7-16-36(24-26)17-18-37-19-20-38-32-23-28(35(39)40)12-14-29(32)33(27-9-5-4-6-10-27)34(38)30-13-11-25(2)22-31(30)37/h11-14,22-23,26-27H,3-10,15-21,24H2,1-2H3,(H,39,40)/t26-/m0/s1. The van der Waals surface area contributed by atoms with Crippen LogP contribution in [0.25, 0.3) is 22.2 Å². The van der Waals surface area contributed by atoms with Crippen LogP contribution in [0.2, 0.25) is 0 Å². The quantitative estimate of drug-likeness (QED) is 0.279. The van der Waals surface area contributed by atoms with Crippen molar-refractivity contribution in [2.24, 2.45) is 5.92 Å². The second-order valence-corrected chi connectivity index (χ2v) is 12.6. The van der Waals surface area contributed by atoms with E-state index < -0.39 is 5.97 Å². The number of fused-ring (bicyclic) bond motifs is 5. The Balaban J connectivity index is 1.34. The smallest absolute Gasteiger partial charge is 0.335 e. The molecule has 6 rings (SSSR count). The third-order valence-corrected chi connectivity index (χ3v) is 9.87. The van der Waals surface area contributed by atoms with Gasteiger partial charge in [0.05, 0.1) is 11.3 Å². The Kier molecular flexibility index (Phi) is 8.68. The first-order chi connectivity index (χ1) is 20.0. The SMILES string of the molecule is CCOCC[C@@H]1CCCN(CCN2CCn3c(c(C4CCCCC4)c4ccc(C(=O)O)cc43)-c3ccc(C)cc32)C1. The predicted octanol–water partition coefficient (Wildman–Crippen LogP) is 7.32. The largest absolute Gasteiger partial charge is 0.478 e. The third-order valence-electron chi connectivity index (χ3n) is 9.87. The lowest BCUT2D eigenvalue weighted by atomic mass is 9.81. The minimum absolute atomic E-state index is 0.377. The number of aromatic nitrogens is 1. The van der Waals surface area contributed by atoms with Crippen LogP contribution < -0.4 is 4.90 Å². The number of ether oxygens (including phenoxy) is 1. The zero-order valence-corrected chi connectivity index (χ0v) is 25.0. The summed E-state index contributed by atoms with van der Waals surface area (Å²) in [6.45, 7) is 12.2. The number of carboxylic acids is 1. The Morgan fingerprint density at radius 1 is 0.976 bits per heavy atom. The van der Waals surface area contributed by atoms with Crippen LogP contribution in [0.5, 0.6) is 0 Å². The number of nitrogens with zero attached hydrogens (tertiary/aromatic N) is 3. The average Bonchev–Trinajstić information content (AvgIpc) is 3.22. The van der Waals surface area contributed by atoms with E-state index in [1.54, 1.807) is 6.07 Å². The first-order valence-corrected chi connectivity index (χ1v) is 16.1. The molecule has 0 amide bonds. The van der Waals surface area contributed by atoms with E-state index in [1.165, 1.54) is 97.9 Å². The monoisotopic (exact) mass is 557 g/mol. The second kappa shape index (κ2) is 12.6. The molecule has 1 aromatic heterocycles. The summed E-state index contributed by atoms with van der Waals surface area (Å²) < 4.78 is 8.12. The summed E-state index contributed by atoms with van der Waals surface area (Å²) in [5.74, 6) is 0.414. The molecule has 6 heteroatoms. The number of likely N-dealkylation sites (tertiary alicyclic amines) is 1. The van der Waals surface area contributed by atoms with Gasteiger partial charge in [-0.1, -0.05) is 37.5 Å². The molecule has 41 heavy (non-hydrogen) atoms. The first-order valence-electron chi connectivity index (χ1n) is 16.1. The van der Waals surface area contributed by atoms with Gasteiger partial charge in [-0.3, -0.25) is 0 Å². The van der Waals surface area contributed by atoms with Crippen molar-refractivity contribution >= 4 is 22.6 Å². The van der Waals surface area contributed by atoms with E-state index in [-0.39, 0.29) is 0 Å². The van der Waals surface area contributed by atoms with Gasteiger partial charge < -0.3 is 24.2 Å². The van der Waals surface area contributed by atoms with Crippen molar-refractivity contribution in [3.05, 3.63) is 53.1 Å². The minimum Gasteiger partial charge on any atom is -0.478 e. The van der Waals surface area contributed by atoms with Gasteiger partial charge in [-0.2, -0.15) is 0 Å². The fourth-order valence-electron chi connectivity index (χ4n) is 7.76. The van der Waals surface area contributed by atoms with Crippen LogP contribution in [0.15, 0.2) is 36.4 Å². The van der Waals surface area contributed by atoms with Crippen LogP contribution in [0.3, 0.4) is 0 Å². The topological polar surface area (TPSA) is 57.9 Å². The van der Waals surface area contributed by atoms with Gasteiger partial charge in [0.15, 0.2) is 0 Å². The number of carboxylic acid groups (broad SMARTS) is 1. The van der Waals surface area contributed by atoms with Crippen LogP contribution in [0.4, 0.5) is 5.69 Å². The van der Waals surface area contributed by atoms with E-state index in [0.29, 0.717) is 11.5 Å². The van der Waals surface area contributed by atoms with E-state index in [4.69, 9.17) is 4.74 Å². The lowest BCUT2D eigenvalue weighted by molar-refractivity contribution is 0.0697. The van der Waals surface area contributed by atoms with E-state index in [1.807, 2.05) is 6.07 Å². The lowest BCUT2D eigenvalue weighted by Crippen LogP contribution is -2.41. The first kappa shape index (κ1) is 28.3. The predicted molar refractivity (Wildman–Crippen MR) is 167 cm³/mol. The van der Waals surface area contributed by atoms with Gasteiger partial charge in [-0.25, -0.2) is 4.79 Å². The van der Waals surface area contributed by atoms with Gasteiger partial charge in [0, 0.05) is 68.1 Å². The summed E-state index contributed by atoms with van der Waals surface area (Å²) >= 11 is 0. The minimum atomic E-state index is -0.853. The number of benzene rings is 2. The number of aromatic carboxylic acids is 1. The van der Waals surface area contributed by atoms with Gasteiger partial charge in [0.1, 0.15) is 0 Å². The molecular formula is C35H47N3O3. The fraction of sp³-hybridized carbons (Fsp3) is 0.571. The molecule has 220 valence electrons. The van der Waals surface area contributed by atoms with Crippen LogP contribution in [0.1, 0.15) is 85.7 Å².